The average molecular weight is 356 g/mol. The Balaban J connectivity index is 1.50. The molecule has 2 heterocycles. The molecule has 0 radical (unpaired) electrons. The third-order valence-electron chi connectivity index (χ3n) is 4.73. The number of piperidine rings is 1. The number of hydrogen-bond acceptors (Lipinski definition) is 5. The molecule has 2 aromatic rings. The summed E-state index contributed by atoms with van der Waals surface area (Å²) in [7, 11) is 0. The molecule has 0 bridgehead atoms. The van der Waals surface area contributed by atoms with Crippen LogP contribution in [0.5, 0.6) is 0 Å². The molecule has 1 aromatic heterocycles. The predicted octanol–water partition coefficient (Wildman–Crippen LogP) is 0.871. The number of aliphatic hydroxyl groups is 1. The minimum absolute atomic E-state index is 0.105. The van der Waals surface area contributed by atoms with E-state index in [9.17, 15) is 14.7 Å². The number of hydrogen-bond donors (Lipinski definition) is 3. The molecule has 0 aliphatic carbocycles. The number of nitrogens with one attached hydrogen (secondary N) is 2. The number of amides is 1. The first-order valence-corrected chi connectivity index (χ1v) is 8.92. The van der Waals surface area contributed by atoms with E-state index in [1.807, 2.05) is 12.1 Å². The third kappa shape index (κ3) is 4.77. The number of benzene rings is 1. The SMILES string of the molecule is O=C(NCCN1CCC[C@@H](CO)C1)c1ccc(-c2cnc(=O)[nH]c2)cc1. The summed E-state index contributed by atoms with van der Waals surface area (Å²) < 4.78 is 0. The normalized spacial score (nSPS) is 17.8. The lowest BCUT2D eigenvalue weighted by atomic mass is 9.99. The molecule has 1 amide bonds. The second-order valence-corrected chi connectivity index (χ2v) is 6.63. The van der Waals surface area contributed by atoms with Gasteiger partial charge in [-0.15, -0.1) is 0 Å². The number of rotatable bonds is 6. The van der Waals surface area contributed by atoms with Crippen molar-refractivity contribution in [3.05, 3.63) is 52.7 Å². The lowest BCUT2D eigenvalue weighted by Gasteiger charge is -2.31. The smallest absolute Gasteiger partial charge is 0.344 e. The average Bonchev–Trinajstić information content (AvgIpc) is 2.69. The van der Waals surface area contributed by atoms with Crippen molar-refractivity contribution in [2.45, 2.75) is 12.8 Å². The highest BCUT2D eigenvalue weighted by Gasteiger charge is 2.18. The van der Waals surface area contributed by atoms with E-state index in [-0.39, 0.29) is 18.2 Å². The standard InChI is InChI=1S/C19H24N4O3/c24-13-14-2-1-8-23(12-14)9-7-20-18(25)16-5-3-15(4-6-16)17-10-21-19(26)22-11-17/h3-6,10-11,14,24H,1-2,7-9,12-13H2,(H,20,25)(H,21,22,26)/t14-/m1/s1. The first-order valence-electron chi connectivity index (χ1n) is 8.92. The minimum atomic E-state index is -0.385. The van der Waals surface area contributed by atoms with Crippen molar-refractivity contribution in [2.75, 3.05) is 32.8 Å². The molecule has 3 N–H and O–H groups in total. The summed E-state index contributed by atoms with van der Waals surface area (Å²) in [4.78, 5) is 31.8. The monoisotopic (exact) mass is 356 g/mol. The molecule has 1 atom stereocenters. The Morgan fingerprint density at radius 3 is 2.81 bits per heavy atom. The van der Waals surface area contributed by atoms with Crippen LogP contribution in [-0.2, 0) is 0 Å². The molecule has 1 aromatic carbocycles. The van der Waals surface area contributed by atoms with Crippen molar-refractivity contribution in [3.8, 4) is 11.1 Å². The zero-order valence-electron chi connectivity index (χ0n) is 14.6. The summed E-state index contributed by atoms with van der Waals surface area (Å²) >= 11 is 0. The zero-order valence-corrected chi connectivity index (χ0v) is 14.6. The lowest BCUT2D eigenvalue weighted by Crippen LogP contribution is -2.41. The van der Waals surface area contributed by atoms with Gasteiger partial charge in [-0.2, -0.15) is 0 Å². The van der Waals surface area contributed by atoms with Gasteiger partial charge in [-0.1, -0.05) is 12.1 Å². The molecule has 1 saturated heterocycles. The van der Waals surface area contributed by atoms with Crippen molar-refractivity contribution in [1.82, 2.24) is 20.2 Å². The van der Waals surface area contributed by atoms with Gasteiger partial charge in [-0.05, 0) is 43.0 Å². The summed E-state index contributed by atoms with van der Waals surface area (Å²) in [5.41, 5.74) is 1.88. The van der Waals surface area contributed by atoms with Crippen LogP contribution in [0.4, 0.5) is 0 Å². The largest absolute Gasteiger partial charge is 0.396 e. The Hall–Kier alpha value is -2.51. The topological polar surface area (TPSA) is 98.3 Å². The Labute approximate surface area is 152 Å². The first kappa shape index (κ1) is 18.3. The predicted molar refractivity (Wildman–Crippen MR) is 98.9 cm³/mol. The van der Waals surface area contributed by atoms with Crippen LogP contribution in [-0.4, -0.2) is 58.7 Å². The fourth-order valence-corrected chi connectivity index (χ4v) is 3.25. The van der Waals surface area contributed by atoms with Crippen LogP contribution < -0.4 is 11.0 Å². The van der Waals surface area contributed by atoms with Gasteiger partial charge >= 0.3 is 5.69 Å². The van der Waals surface area contributed by atoms with Crippen LogP contribution in [0.1, 0.15) is 23.2 Å². The van der Waals surface area contributed by atoms with Gasteiger partial charge in [0.05, 0.1) is 0 Å². The van der Waals surface area contributed by atoms with Crippen molar-refractivity contribution >= 4 is 5.91 Å². The summed E-state index contributed by atoms with van der Waals surface area (Å²) in [6.07, 6.45) is 5.28. The number of aromatic nitrogens is 2. The van der Waals surface area contributed by atoms with Crippen LogP contribution in [0.25, 0.3) is 11.1 Å². The van der Waals surface area contributed by atoms with Gasteiger partial charge in [0.2, 0.25) is 0 Å². The fraction of sp³-hybridized carbons (Fsp3) is 0.421. The number of likely N-dealkylation sites (tertiary alicyclic amines) is 1. The van der Waals surface area contributed by atoms with Crippen LogP contribution in [0.15, 0.2) is 41.5 Å². The highest BCUT2D eigenvalue weighted by atomic mass is 16.3. The summed E-state index contributed by atoms with van der Waals surface area (Å²) in [5, 5.41) is 12.2. The molecule has 26 heavy (non-hydrogen) atoms. The van der Waals surface area contributed by atoms with Crippen LogP contribution in [0, 0.1) is 5.92 Å². The van der Waals surface area contributed by atoms with E-state index in [0.29, 0.717) is 18.0 Å². The van der Waals surface area contributed by atoms with Crippen LogP contribution in [0.2, 0.25) is 0 Å². The summed E-state index contributed by atoms with van der Waals surface area (Å²) in [5.74, 6) is 0.251. The van der Waals surface area contributed by atoms with Crippen LogP contribution in [0.3, 0.4) is 0 Å². The quantitative estimate of drug-likeness (QED) is 0.713. The summed E-state index contributed by atoms with van der Waals surface area (Å²) in [6, 6.07) is 7.19. The zero-order chi connectivity index (χ0) is 18.4. The first-order chi connectivity index (χ1) is 12.7. The Morgan fingerprint density at radius 1 is 1.31 bits per heavy atom. The second kappa shape index (κ2) is 8.73. The van der Waals surface area contributed by atoms with Crippen LogP contribution >= 0.6 is 0 Å². The molecule has 138 valence electrons. The molecule has 1 aliphatic heterocycles. The maximum atomic E-state index is 12.3. The van der Waals surface area contributed by atoms with E-state index in [2.05, 4.69) is 20.2 Å². The third-order valence-corrected chi connectivity index (χ3v) is 4.73. The molecule has 0 unspecified atom stereocenters. The van der Waals surface area contributed by atoms with Crippen molar-refractivity contribution in [3.63, 3.8) is 0 Å². The van der Waals surface area contributed by atoms with Crippen molar-refractivity contribution in [2.24, 2.45) is 5.92 Å². The number of aliphatic hydroxyl groups excluding tert-OH is 1. The van der Waals surface area contributed by atoms with E-state index >= 15 is 0 Å². The number of H-pyrrole nitrogens is 1. The van der Waals surface area contributed by atoms with Crippen molar-refractivity contribution in [1.29, 1.82) is 0 Å². The highest BCUT2D eigenvalue weighted by Crippen LogP contribution is 2.17. The Bertz CT molecular complexity index is 768. The van der Waals surface area contributed by atoms with Gasteiger partial charge in [0.25, 0.3) is 5.91 Å². The number of nitrogens with zero attached hydrogens (tertiary/aromatic N) is 2. The number of carbonyl (C=O) groups is 1. The molecule has 0 saturated carbocycles. The van der Waals surface area contributed by atoms with Gasteiger partial charge in [0, 0.05) is 49.8 Å². The molecule has 3 rings (SSSR count). The van der Waals surface area contributed by atoms with E-state index in [1.54, 1.807) is 18.3 Å². The van der Waals surface area contributed by atoms with E-state index in [0.717, 1.165) is 43.6 Å². The Morgan fingerprint density at radius 2 is 2.12 bits per heavy atom. The van der Waals surface area contributed by atoms with Gasteiger partial charge in [-0.3, -0.25) is 4.79 Å². The second-order valence-electron chi connectivity index (χ2n) is 6.63. The van der Waals surface area contributed by atoms with Gasteiger partial charge < -0.3 is 20.3 Å². The molecular weight excluding hydrogens is 332 g/mol. The lowest BCUT2D eigenvalue weighted by molar-refractivity contribution is 0.0930. The fourth-order valence-electron chi connectivity index (χ4n) is 3.25. The van der Waals surface area contributed by atoms with Gasteiger partial charge in [0.1, 0.15) is 0 Å². The molecule has 7 heteroatoms. The Kier molecular flexibility index (Phi) is 6.14. The van der Waals surface area contributed by atoms with Gasteiger partial charge in [0.15, 0.2) is 0 Å². The molecule has 0 spiro atoms. The van der Waals surface area contributed by atoms with E-state index in [4.69, 9.17) is 0 Å². The molecule has 7 nitrogen and oxygen atoms in total. The number of carbonyl (C=O) groups excluding carboxylic acids is 1. The summed E-state index contributed by atoms with van der Waals surface area (Å²) in [6.45, 7) is 3.54. The maximum Gasteiger partial charge on any atom is 0.344 e. The van der Waals surface area contributed by atoms with E-state index in [1.165, 1.54) is 6.20 Å². The minimum Gasteiger partial charge on any atom is -0.396 e. The van der Waals surface area contributed by atoms with E-state index < -0.39 is 0 Å². The molecular formula is C19H24N4O3. The van der Waals surface area contributed by atoms with Gasteiger partial charge in [-0.25, -0.2) is 9.78 Å². The maximum absolute atomic E-state index is 12.3. The highest BCUT2D eigenvalue weighted by molar-refractivity contribution is 5.94. The molecule has 1 aliphatic rings. The molecule has 1 fully saturated rings. The number of aromatic amines is 1. The van der Waals surface area contributed by atoms with Crippen molar-refractivity contribution < 1.29 is 9.90 Å².